The molecule has 6 nitrogen and oxygen atoms in total. The third kappa shape index (κ3) is 7.85. The van der Waals surface area contributed by atoms with E-state index < -0.39 is 0 Å². The van der Waals surface area contributed by atoms with Gasteiger partial charge in [0.15, 0.2) is 5.96 Å². The Balaban J connectivity index is 2.38. The number of guanidine groups is 1. The molecule has 0 spiro atoms. The molecule has 0 aromatic heterocycles. The van der Waals surface area contributed by atoms with E-state index in [1.165, 1.54) is 5.69 Å². The zero-order valence-corrected chi connectivity index (χ0v) is 15.1. The van der Waals surface area contributed by atoms with Crippen LogP contribution in [0.3, 0.4) is 0 Å². The van der Waals surface area contributed by atoms with Crippen molar-refractivity contribution in [3.63, 3.8) is 0 Å². The second-order valence-corrected chi connectivity index (χ2v) is 5.34. The van der Waals surface area contributed by atoms with Crippen molar-refractivity contribution in [2.24, 2.45) is 4.99 Å². The van der Waals surface area contributed by atoms with Crippen LogP contribution in [0.2, 0.25) is 0 Å². The molecule has 134 valence electrons. The number of hydrogen-bond acceptors (Lipinski definition) is 3. The molecule has 0 atom stereocenters. The number of carbonyl (C=O) groups excluding carboxylic acids is 1. The van der Waals surface area contributed by atoms with Gasteiger partial charge in [0.1, 0.15) is 6.54 Å². The van der Waals surface area contributed by atoms with Gasteiger partial charge in [0, 0.05) is 38.4 Å². The number of likely N-dealkylation sites (N-methyl/N-ethyl adjacent to an activating group) is 1. The van der Waals surface area contributed by atoms with Crippen LogP contribution in [0.25, 0.3) is 0 Å². The van der Waals surface area contributed by atoms with Crippen molar-refractivity contribution in [1.82, 2.24) is 16.0 Å². The van der Waals surface area contributed by atoms with Crippen LogP contribution in [0.1, 0.15) is 27.2 Å². The van der Waals surface area contributed by atoms with Crippen molar-refractivity contribution in [2.45, 2.75) is 27.2 Å². The number of hydrogen-bond donors (Lipinski definition) is 3. The lowest BCUT2D eigenvalue weighted by molar-refractivity contribution is -0.119. The molecule has 0 saturated heterocycles. The van der Waals surface area contributed by atoms with Crippen LogP contribution in [-0.2, 0) is 4.79 Å². The first-order chi connectivity index (χ1) is 11.7. The van der Waals surface area contributed by atoms with Crippen LogP contribution in [0.5, 0.6) is 0 Å². The lowest BCUT2D eigenvalue weighted by Crippen LogP contribution is -2.39. The van der Waals surface area contributed by atoms with Gasteiger partial charge in [-0.05, 0) is 39.3 Å². The molecule has 1 aromatic rings. The van der Waals surface area contributed by atoms with Crippen LogP contribution in [0.4, 0.5) is 5.69 Å². The predicted molar refractivity (Wildman–Crippen MR) is 102 cm³/mol. The zero-order valence-electron chi connectivity index (χ0n) is 15.1. The average molecular weight is 333 g/mol. The van der Waals surface area contributed by atoms with Crippen LogP contribution in [0, 0.1) is 0 Å². The Bertz CT molecular complexity index is 489. The number of carbonyl (C=O) groups is 1. The van der Waals surface area contributed by atoms with Crippen LogP contribution in [-0.4, -0.2) is 51.1 Å². The van der Waals surface area contributed by atoms with E-state index in [9.17, 15) is 4.79 Å². The Labute approximate surface area is 145 Å². The molecule has 0 saturated carbocycles. The number of para-hydroxylation sites is 1. The molecule has 0 aliphatic carbocycles. The number of rotatable bonds is 10. The molecule has 0 unspecified atom stereocenters. The van der Waals surface area contributed by atoms with Crippen molar-refractivity contribution >= 4 is 17.6 Å². The number of nitrogens with zero attached hydrogens (tertiary/aromatic N) is 2. The molecular weight excluding hydrogens is 302 g/mol. The molecule has 0 bridgehead atoms. The van der Waals surface area contributed by atoms with Gasteiger partial charge < -0.3 is 20.9 Å². The van der Waals surface area contributed by atoms with E-state index in [1.807, 2.05) is 19.9 Å². The third-order valence-corrected chi connectivity index (χ3v) is 3.50. The van der Waals surface area contributed by atoms with Gasteiger partial charge in [-0.15, -0.1) is 0 Å². The highest BCUT2D eigenvalue weighted by Crippen LogP contribution is 2.12. The molecule has 1 rings (SSSR count). The zero-order chi connectivity index (χ0) is 17.6. The molecule has 0 fully saturated rings. The normalized spacial score (nSPS) is 11.0. The van der Waals surface area contributed by atoms with E-state index in [1.54, 1.807) is 0 Å². The summed E-state index contributed by atoms with van der Waals surface area (Å²) in [5.74, 6) is 0.627. The topological polar surface area (TPSA) is 68.8 Å². The fourth-order valence-electron chi connectivity index (χ4n) is 2.33. The lowest BCUT2D eigenvalue weighted by Gasteiger charge is -2.23. The number of amides is 1. The van der Waals surface area contributed by atoms with Crippen molar-refractivity contribution in [2.75, 3.05) is 44.2 Å². The molecule has 24 heavy (non-hydrogen) atoms. The number of aliphatic imine (C=N–C) groups is 1. The summed E-state index contributed by atoms with van der Waals surface area (Å²) >= 11 is 0. The standard InChI is InChI=1S/C18H31N5O/c1-4-19-17(24)15-22-18(20-5-2)21-13-10-14-23(6-3)16-11-8-7-9-12-16/h7-9,11-12H,4-6,10,13-15H2,1-3H3,(H,19,24)(H2,20,21,22). The van der Waals surface area contributed by atoms with Crippen molar-refractivity contribution < 1.29 is 4.79 Å². The Hall–Kier alpha value is -2.24. The molecule has 0 radical (unpaired) electrons. The van der Waals surface area contributed by atoms with E-state index in [4.69, 9.17) is 0 Å². The van der Waals surface area contributed by atoms with Crippen molar-refractivity contribution in [3.8, 4) is 0 Å². The highest BCUT2D eigenvalue weighted by molar-refractivity contribution is 5.84. The summed E-state index contributed by atoms with van der Waals surface area (Å²) in [4.78, 5) is 18.1. The summed E-state index contributed by atoms with van der Waals surface area (Å²) in [6.07, 6.45) is 0.994. The van der Waals surface area contributed by atoms with Gasteiger partial charge in [-0.1, -0.05) is 18.2 Å². The molecular formula is C18H31N5O. The second-order valence-electron chi connectivity index (χ2n) is 5.34. The third-order valence-electron chi connectivity index (χ3n) is 3.50. The van der Waals surface area contributed by atoms with Crippen LogP contribution < -0.4 is 20.9 Å². The summed E-state index contributed by atoms with van der Waals surface area (Å²) in [6.45, 7) is 10.4. The van der Waals surface area contributed by atoms with Gasteiger partial charge in [0.25, 0.3) is 0 Å². The van der Waals surface area contributed by atoms with Crippen molar-refractivity contribution in [3.05, 3.63) is 30.3 Å². The second kappa shape index (κ2) is 12.2. The Morgan fingerprint density at radius 1 is 1.04 bits per heavy atom. The van der Waals surface area contributed by atoms with E-state index >= 15 is 0 Å². The van der Waals surface area contributed by atoms with E-state index in [-0.39, 0.29) is 12.5 Å². The van der Waals surface area contributed by atoms with E-state index in [2.05, 4.69) is 57.0 Å². The highest BCUT2D eigenvalue weighted by atomic mass is 16.1. The summed E-state index contributed by atoms with van der Waals surface area (Å²) in [5, 5.41) is 9.18. The quantitative estimate of drug-likeness (QED) is 0.346. The van der Waals surface area contributed by atoms with Gasteiger partial charge in [0.05, 0.1) is 0 Å². The fraction of sp³-hybridized carbons (Fsp3) is 0.556. The summed E-state index contributed by atoms with van der Waals surface area (Å²) < 4.78 is 0. The fourth-order valence-corrected chi connectivity index (χ4v) is 2.33. The van der Waals surface area contributed by atoms with Gasteiger partial charge in [0.2, 0.25) is 5.91 Å². The van der Waals surface area contributed by atoms with Crippen LogP contribution >= 0.6 is 0 Å². The summed E-state index contributed by atoms with van der Waals surface area (Å²) in [7, 11) is 0. The molecule has 3 N–H and O–H groups in total. The Morgan fingerprint density at radius 2 is 1.75 bits per heavy atom. The monoisotopic (exact) mass is 333 g/mol. The maximum absolute atomic E-state index is 11.5. The van der Waals surface area contributed by atoms with E-state index in [0.717, 1.165) is 32.6 Å². The first-order valence-corrected chi connectivity index (χ1v) is 8.80. The predicted octanol–water partition coefficient (Wildman–Crippen LogP) is 1.59. The molecule has 1 amide bonds. The maximum Gasteiger partial charge on any atom is 0.241 e. The average Bonchev–Trinajstić information content (AvgIpc) is 2.60. The smallest absolute Gasteiger partial charge is 0.241 e. The molecule has 1 aromatic carbocycles. The SMILES string of the molecule is CCNC(=O)CN=C(NCC)NCCCN(CC)c1ccccc1. The lowest BCUT2D eigenvalue weighted by atomic mass is 10.2. The Kier molecular flexibility index (Phi) is 10.1. The minimum absolute atomic E-state index is 0.0593. The number of nitrogens with one attached hydrogen (secondary N) is 3. The first kappa shape index (κ1) is 19.8. The maximum atomic E-state index is 11.5. The van der Waals surface area contributed by atoms with Gasteiger partial charge in [-0.2, -0.15) is 0 Å². The minimum atomic E-state index is -0.0593. The molecule has 0 aliphatic rings. The molecule has 0 heterocycles. The van der Waals surface area contributed by atoms with Gasteiger partial charge in [-0.3, -0.25) is 4.79 Å². The Morgan fingerprint density at radius 3 is 2.38 bits per heavy atom. The van der Waals surface area contributed by atoms with Crippen LogP contribution in [0.15, 0.2) is 35.3 Å². The first-order valence-electron chi connectivity index (χ1n) is 8.80. The number of anilines is 1. The van der Waals surface area contributed by atoms with Crippen molar-refractivity contribution in [1.29, 1.82) is 0 Å². The van der Waals surface area contributed by atoms with Gasteiger partial charge >= 0.3 is 0 Å². The largest absolute Gasteiger partial charge is 0.372 e. The highest BCUT2D eigenvalue weighted by Gasteiger charge is 2.04. The number of benzene rings is 1. The minimum Gasteiger partial charge on any atom is -0.372 e. The van der Waals surface area contributed by atoms with E-state index in [0.29, 0.717) is 12.5 Å². The van der Waals surface area contributed by atoms with Gasteiger partial charge in [-0.25, -0.2) is 4.99 Å². The molecule has 6 heteroatoms. The summed E-state index contributed by atoms with van der Waals surface area (Å²) in [5.41, 5.74) is 1.25. The summed E-state index contributed by atoms with van der Waals surface area (Å²) in [6, 6.07) is 10.4. The molecule has 0 aliphatic heterocycles.